The van der Waals surface area contributed by atoms with Crippen LogP contribution in [0.5, 0.6) is 5.75 Å². The first kappa shape index (κ1) is 24.2. The lowest BCUT2D eigenvalue weighted by Gasteiger charge is -2.13. The number of ether oxygens (including phenoxy) is 2. The van der Waals surface area contributed by atoms with Crippen LogP contribution in [0.2, 0.25) is 0 Å². The molecule has 0 aliphatic rings. The van der Waals surface area contributed by atoms with Crippen LogP contribution < -0.4 is 15.4 Å². The summed E-state index contributed by atoms with van der Waals surface area (Å²) in [5.74, 6) is 3.03. The SMILES string of the molecule is CN=C(NCc1ccc(OCCOC)cc1)NCc1ncc(C(C)(C)C)o1.I. The van der Waals surface area contributed by atoms with Crippen molar-refractivity contribution in [3.05, 3.63) is 47.7 Å². The van der Waals surface area contributed by atoms with Gasteiger partial charge in [0.1, 0.15) is 18.1 Å². The smallest absolute Gasteiger partial charge is 0.213 e. The number of hydrogen-bond acceptors (Lipinski definition) is 5. The molecular formula is C20H31IN4O3. The quantitative estimate of drug-likeness (QED) is 0.249. The minimum Gasteiger partial charge on any atom is -0.491 e. The van der Waals surface area contributed by atoms with E-state index < -0.39 is 0 Å². The Hall–Kier alpha value is -1.81. The van der Waals surface area contributed by atoms with Crippen LogP contribution in [0.4, 0.5) is 0 Å². The second-order valence-corrected chi connectivity index (χ2v) is 7.13. The molecule has 156 valence electrons. The third kappa shape index (κ3) is 8.05. The molecule has 2 rings (SSSR count). The number of benzene rings is 1. The largest absolute Gasteiger partial charge is 0.491 e. The summed E-state index contributed by atoms with van der Waals surface area (Å²) in [7, 11) is 3.39. The van der Waals surface area contributed by atoms with E-state index in [0.29, 0.717) is 38.2 Å². The summed E-state index contributed by atoms with van der Waals surface area (Å²) >= 11 is 0. The number of hydrogen-bond donors (Lipinski definition) is 2. The van der Waals surface area contributed by atoms with Crippen molar-refractivity contribution in [2.24, 2.45) is 4.99 Å². The topological polar surface area (TPSA) is 80.9 Å². The highest BCUT2D eigenvalue weighted by Crippen LogP contribution is 2.22. The van der Waals surface area contributed by atoms with Gasteiger partial charge in [-0.1, -0.05) is 32.9 Å². The Balaban J connectivity index is 0.00000392. The highest BCUT2D eigenvalue weighted by Gasteiger charge is 2.19. The lowest BCUT2D eigenvalue weighted by atomic mass is 9.94. The Morgan fingerprint density at radius 3 is 2.36 bits per heavy atom. The van der Waals surface area contributed by atoms with E-state index >= 15 is 0 Å². The first-order valence-electron chi connectivity index (χ1n) is 9.02. The Labute approximate surface area is 184 Å². The van der Waals surface area contributed by atoms with E-state index in [1.165, 1.54) is 0 Å². The van der Waals surface area contributed by atoms with Crippen molar-refractivity contribution in [2.45, 2.75) is 39.3 Å². The minimum absolute atomic E-state index is 0. The highest BCUT2D eigenvalue weighted by atomic mass is 127. The van der Waals surface area contributed by atoms with E-state index in [9.17, 15) is 0 Å². The van der Waals surface area contributed by atoms with Gasteiger partial charge in [-0.15, -0.1) is 24.0 Å². The Bertz CT molecular complexity index is 724. The molecule has 1 aromatic heterocycles. The van der Waals surface area contributed by atoms with E-state index in [-0.39, 0.29) is 29.4 Å². The predicted molar refractivity (Wildman–Crippen MR) is 121 cm³/mol. The standard InChI is InChI=1S/C20H30N4O3.HI/c1-20(2,3)17-13-22-18(27-17)14-24-19(21-4)23-12-15-6-8-16(9-7-15)26-11-10-25-5;/h6-9,13H,10-12,14H2,1-5H3,(H2,21,23,24);1H. The molecule has 1 aromatic carbocycles. The van der Waals surface area contributed by atoms with Gasteiger partial charge in [0.15, 0.2) is 5.96 Å². The van der Waals surface area contributed by atoms with Gasteiger partial charge in [0.2, 0.25) is 5.89 Å². The zero-order valence-electron chi connectivity index (χ0n) is 17.2. The molecule has 0 unspecified atom stereocenters. The van der Waals surface area contributed by atoms with Crippen molar-refractivity contribution in [3.8, 4) is 5.75 Å². The van der Waals surface area contributed by atoms with Gasteiger partial charge in [-0.05, 0) is 17.7 Å². The third-order valence-electron chi connectivity index (χ3n) is 3.86. The van der Waals surface area contributed by atoms with Crippen LogP contribution >= 0.6 is 24.0 Å². The molecule has 0 saturated carbocycles. The van der Waals surface area contributed by atoms with Gasteiger partial charge in [0.25, 0.3) is 0 Å². The van der Waals surface area contributed by atoms with E-state index in [4.69, 9.17) is 13.9 Å². The molecule has 0 aliphatic carbocycles. The summed E-state index contributed by atoms with van der Waals surface area (Å²) in [5, 5.41) is 6.48. The predicted octanol–water partition coefficient (Wildman–Crippen LogP) is 3.48. The van der Waals surface area contributed by atoms with Crippen LogP contribution in [0.25, 0.3) is 0 Å². The van der Waals surface area contributed by atoms with Crippen molar-refractivity contribution in [1.82, 2.24) is 15.6 Å². The van der Waals surface area contributed by atoms with Gasteiger partial charge < -0.3 is 24.5 Å². The van der Waals surface area contributed by atoms with Crippen molar-refractivity contribution in [1.29, 1.82) is 0 Å². The average Bonchev–Trinajstić information content (AvgIpc) is 3.13. The van der Waals surface area contributed by atoms with Gasteiger partial charge in [-0.3, -0.25) is 4.99 Å². The normalized spacial score (nSPS) is 11.7. The highest BCUT2D eigenvalue weighted by molar-refractivity contribution is 14.0. The van der Waals surface area contributed by atoms with E-state index in [2.05, 4.69) is 41.4 Å². The fraction of sp³-hybridized carbons (Fsp3) is 0.500. The van der Waals surface area contributed by atoms with E-state index in [0.717, 1.165) is 17.1 Å². The molecule has 7 nitrogen and oxygen atoms in total. The number of nitrogens with zero attached hydrogens (tertiary/aromatic N) is 2. The van der Waals surface area contributed by atoms with E-state index in [1.54, 1.807) is 20.4 Å². The molecule has 2 N–H and O–H groups in total. The van der Waals surface area contributed by atoms with Crippen LogP contribution in [-0.4, -0.2) is 38.3 Å². The fourth-order valence-corrected chi connectivity index (χ4v) is 2.25. The summed E-state index contributed by atoms with van der Waals surface area (Å²) in [4.78, 5) is 8.54. The molecule has 0 amide bonds. The minimum atomic E-state index is -0.0510. The Morgan fingerprint density at radius 2 is 1.79 bits per heavy atom. The first-order chi connectivity index (χ1) is 12.9. The first-order valence-corrected chi connectivity index (χ1v) is 9.02. The van der Waals surface area contributed by atoms with Crippen LogP contribution in [0.1, 0.15) is 38.0 Å². The number of aliphatic imine (C=N–C) groups is 1. The number of oxazole rings is 1. The number of guanidine groups is 1. The number of nitrogens with one attached hydrogen (secondary N) is 2. The van der Waals surface area contributed by atoms with Gasteiger partial charge >= 0.3 is 0 Å². The number of halogens is 1. The van der Waals surface area contributed by atoms with Gasteiger partial charge in [0, 0.05) is 26.1 Å². The molecule has 8 heteroatoms. The van der Waals surface area contributed by atoms with Crippen LogP contribution in [0, 0.1) is 0 Å². The number of methoxy groups -OCH3 is 1. The van der Waals surface area contributed by atoms with Gasteiger partial charge in [-0.2, -0.15) is 0 Å². The third-order valence-corrected chi connectivity index (χ3v) is 3.86. The maximum Gasteiger partial charge on any atom is 0.213 e. The average molecular weight is 502 g/mol. The van der Waals surface area contributed by atoms with Gasteiger partial charge in [0.05, 0.1) is 19.3 Å². The molecule has 1 heterocycles. The molecule has 0 atom stereocenters. The van der Waals surface area contributed by atoms with Crippen LogP contribution in [0.3, 0.4) is 0 Å². The zero-order valence-corrected chi connectivity index (χ0v) is 19.6. The fourth-order valence-electron chi connectivity index (χ4n) is 2.25. The number of rotatable bonds is 8. The van der Waals surface area contributed by atoms with Crippen LogP contribution in [0.15, 0.2) is 39.9 Å². The van der Waals surface area contributed by atoms with Crippen molar-refractivity contribution < 1.29 is 13.9 Å². The number of aromatic nitrogens is 1. The van der Waals surface area contributed by atoms with Crippen molar-refractivity contribution in [2.75, 3.05) is 27.4 Å². The van der Waals surface area contributed by atoms with Crippen molar-refractivity contribution in [3.63, 3.8) is 0 Å². The summed E-state index contributed by atoms with van der Waals surface area (Å²) in [6.45, 7) is 8.53. The second kappa shape index (κ2) is 11.9. The maximum atomic E-state index is 5.78. The Morgan fingerprint density at radius 1 is 1.11 bits per heavy atom. The molecule has 0 saturated heterocycles. The second-order valence-electron chi connectivity index (χ2n) is 7.13. The van der Waals surface area contributed by atoms with Crippen LogP contribution in [-0.2, 0) is 23.2 Å². The van der Waals surface area contributed by atoms with Gasteiger partial charge in [-0.25, -0.2) is 4.98 Å². The van der Waals surface area contributed by atoms with E-state index in [1.807, 2.05) is 24.3 Å². The molecule has 2 aromatic rings. The lowest BCUT2D eigenvalue weighted by Crippen LogP contribution is -2.36. The molecule has 0 spiro atoms. The lowest BCUT2D eigenvalue weighted by molar-refractivity contribution is 0.146. The molecule has 28 heavy (non-hydrogen) atoms. The molecule has 0 radical (unpaired) electrons. The molecule has 0 bridgehead atoms. The molecule has 0 fully saturated rings. The summed E-state index contributed by atoms with van der Waals surface area (Å²) < 4.78 is 16.3. The molecular weight excluding hydrogens is 471 g/mol. The zero-order chi connectivity index (χ0) is 19.7. The Kier molecular flexibility index (Phi) is 10.3. The van der Waals surface area contributed by atoms with Crippen molar-refractivity contribution >= 4 is 29.9 Å². The maximum absolute atomic E-state index is 5.78. The summed E-state index contributed by atoms with van der Waals surface area (Å²) in [6.07, 6.45) is 1.78. The summed E-state index contributed by atoms with van der Waals surface area (Å²) in [6, 6.07) is 7.94. The molecule has 0 aliphatic heterocycles. The summed E-state index contributed by atoms with van der Waals surface area (Å²) in [5.41, 5.74) is 1.08. The monoisotopic (exact) mass is 502 g/mol.